The number of carbonyl (C=O) groups is 4. The number of fused-ring (bicyclic) bond motifs is 5. The van der Waals surface area contributed by atoms with Gasteiger partial charge >= 0.3 is 12.2 Å². The molecule has 4 aromatic heterocycles. The summed E-state index contributed by atoms with van der Waals surface area (Å²) in [6.07, 6.45) is 6.17. The number of thiophene rings is 1. The highest BCUT2D eigenvalue weighted by atomic mass is 32.1. The van der Waals surface area contributed by atoms with Gasteiger partial charge in [0.1, 0.15) is 41.0 Å². The van der Waals surface area contributed by atoms with Crippen molar-refractivity contribution in [3.8, 4) is 39.5 Å². The highest BCUT2D eigenvalue weighted by Gasteiger charge is 2.44. The van der Waals surface area contributed by atoms with Crippen LogP contribution in [-0.4, -0.2) is 103 Å². The number of carbonyl (C=O) groups excluding carboxylic acids is 4. The summed E-state index contributed by atoms with van der Waals surface area (Å²) < 4.78 is 50.7. The first-order valence-corrected chi connectivity index (χ1v) is 24.3. The number of amides is 4. The Morgan fingerprint density at radius 3 is 2.06 bits per heavy atom. The molecule has 69 heavy (non-hydrogen) atoms. The van der Waals surface area contributed by atoms with Crippen molar-refractivity contribution in [2.75, 3.05) is 27.3 Å². The molecule has 4 aliphatic rings. The van der Waals surface area contributed by atoms with Crippen molar-refractivity contribution in [2.45, 2.75) is 108 Å². The molecule has 7 heterocycles. The zero-order valence-electron chi connectivity index (χ0n) is 39.2. The third kappa shape index (κ3) is 8.58. The Labute approximate surface area is 401 Å². The maximum atomic E-state index is 16.9. The molecule has 6 aromatic rings. The highest BCUT2D eigenvalue weighted by Crippen LogP contribution is 2.50. The van der Waals surface area contributed by atoms with E-state index in [9.17, 15) is 19.2 Å². The SMILES string of the molecule is COC(=O)NC(C(=O)N1CCC[C@H]1c1ncc(-c2cc(F)c3c(c2)OC(c2ccc(C4CC4)s2)n2c-3cc3cc(-c4cnc([C@@H]5CCCN5C(=O)[C@@H](NC(=O)OC)C(C)C)[nH]4)ccc32)[nH]1)C(C)(C)F. The van der Waals surface area contributed by atoms with Crippen LogP contribution in [-0.2, 0) is 19.1 Å². The monoisotopic (exact) mass is 963 g/mol. The Morgan fingerprint density at radius 1 is 0.812 bits per heavy atom. The van der Waals surface area contributed by atoms with Crippen molar-refractivity contribution in [1.82, 2.24) is 44.9 Å². The van der Waals surface area contributed by atoms with Gasteiger partial charge in [-0.1, -0.05) is 19.9 Å². The number of hydrogen-bond donors (Lipinski definition) is 4. The minimum absolute atomic E-state index is 0.159. The molecule has 2 aromatic carbocycles. The zero-order chi connectivity index (χ0) is 48.5. The Balaban J connectivity index is 0.964. The average Bonchev–Trinajstić information content (AvgIpc) is 4.05. The van der Waals surface area contributed by atoms with E-state index in [-0.39, 0.29) is 17.9 Å². The molecule has 10 rings (SSSR count). The number of likely N-dealkylation sites (tertiary alicyclic amines) is 2. The van der Waals surface area contributed by atoms with E-state index in [1.807, 2.05) is 44.2 Å². The van der Waals surface area contributed by atoms with Gasteiger partial charge in [-0.15, -0.1) is 11.3 Å². The van der Waals surface area contributed by atoms with Gasteiger partial charge in [-0.25, -0.2) is 28.3 Å². The van der Waals surface area contributed by atoms with Gasteiger partial charge in [0, 0.05) is 34.5 Å². The summed E-state index contributed by atoms with van der Waals surface area (Å²) in [5.74, 6) is 0.555. The van der Waals surface area contributed by atoms with Gasteiger partial charge in [-0.05, 0) is 107 Å². The summed E-state index contributed by atoms with van der Waals surface area (Å²) in [6.45, 7) is 7.09. The predicted molar refractivity (Wildman–Crippen MR) is 254 cm³/mol. The smallest absolute Gasteiger partial charge is 0.407 e. The van der Waals surface area contributed by atoms with Crippen LogP contribution < -0.4 is 15.4 Å². The fourth-order valence-electron chi connectivity index (χ4n) is 10.1. The maximum absolute atomic E-state index is 16.9. The van der Waals surface area contributed by atoms with E-state index in [0.29, 0.717) is 78.2 Å². The number of imidazole rings is 2. The van der Waals surface area contributed by atoms with Crippen molar-refractivity contribution in [2.24, 2.45) is 5.92 Å². The second-order valence-electron chi connectivity index (χ2n) is 19.2. The molecule has 0 radical (unpaired) electrons. The van der Waals surface area contributed by atoms with Gasteiger partial charge in [0.25, 0.3) is 0 Å². The third-order valence-electron chi connectivity index (χ3n) is 13.8. The molecule has 3 fully saturated rings. The summed E-state index contributed by atoms with van der Waals surface area (Å²) in [6, 6.07) is 12.5. The van der Waals surface area contributed by atoms with Crippen LogP contribution in [0.25, 0.3) is 44.7 Å². The van der Waals surface area contributed by atoms with Crippen LogP contribution in [0.4, 0.5) is 18.4 Å². The van der Waals surface area contributed by atoms with Crippen molar-refractivity contribution in [1.29, 1.82) is 0 Å². The Hall–Kier alpha value is -6.76. The summed E-state index contributed by atoms with van der Waals surface area (Å²) >= 11 is 1.71. The molecule has 3 aliphatic heterocycles. The third-order valence-corrected chi connectivity index (χ3v) is 15.1. The minimum atomic E-state index is -2.08. The normalized spacial score (nSPS) is 19.8. The van der Waals surface area contributed by atoms with Crippen LogP contribution in [0.3, 0.4) is 0 Å². The van der Waals surface area contributed by atoms with E-state index in [1.54, 1.807) is 28.6 Å². The van der Waals surface area contributed by atoms with E-state index in [4.69, 9.17) is 14.5 Å². The molecule has 4 amide bonds. The molecular formula is C50H55F2N9O7S. The number of methoxy groups -OCH3 is 2. The van der Waals surface area contributed by atoms with Crippen molar-refractivity contribution in [3.05, 3.63) is 88.1 Å². The number of halogens is 2. The summed E-state index contributed by atoms with van der Waals surface area (Å²) in [4.78, 5) is 73.6. The quantitative estimate of drug-likeness (QED) is 0.0927. The number of aromatic nitrogens is 5. The lowest BCUT2D eigenvalue weighted by Gasteiger charge is -2.32. The number of alkyl carbamates (subject to hydrolysis) is 2. The molecule has 2 saturated heterocycles. The highest BCUT2D eigenvalue weighted by molar-refractivity contribution is 7.12. The van der Waals surface area contributed by atoms with E-state index in [2.05, 4.69) is 47.0 Å². The molecule has 16 nitrogen and oxygen atoms in total. The summed E-state index contributed by atoms with van der Waals surface area (Å²) in [5, 5.41) is 5.92. The predicted octanol–water partition coefficient (Wildman–Crippen LogP) is 9.29. The topological polar surface area (TPSA) is 189 Å². The molecule has 19 heteroatoms. The Bertz CT molecular complexity index is 2970. The van der Waals surface area contributed by atoms with Crippen molar-refractivity contribution >= 4 is 46.2 Å². The molecule has 1 saturated carbocycles. The number of ether oxygens (including phenoxy) is 3. The Morgan fingerprint density at radius 2 is 1.43 bits per heavy atom. The lowest BCUT2D eigenvalue weighted by Crippen LogP contribution is -2.56. The minimum Gasteiger partial charge on any atom is -0.464 e. The fraction of sp³-hybridized carbons (Fsp3) is 0.440. The van der Waals surface area contributed by atoms with Crippen LogP contribution in [0.2, 0.25) is 0 Å². The number of nitrogens with one attached hydrogen (secondary N) is 4. The van der Waals surface area contributed by atoms with Gasteiger partial charge in [0.2, 0.25) is 18.0 Å². The largest absolute Gasteiger partial charge is 0.464 e. The van der Waals surface area contributed by atoms with Gasteiger partial charge in [-0.3, -0.25) is 14.2 Å². The average molecular weight is 964 g/mol. The number of H-pyrrole nitrogens is 2. The van der Waals surface area contributed by atoms with Crippen molar-refractivity contribution < 1.29 is 42.2 Å². The van der Waals surface area contributed by atoms with Crippen LogP contribution in [0.5, 0.6) is 5.75 Å². The summed E-state index contributed by atoms with van der Waals surface area (Å²) in [5.41, 5.74) is 2.35. The lowest BCUT2D eigenvalue weighted by molar-refractivity contribution is -0.138. The molecule has 362 valence electrons. The van der Waals surface area contributed by atoms with Gasteiger partial charge in [0.05, 0.1) is 71.7 Å². The lowest BCUT2D eigenvalue weighted by atomic mass is 9.99. The van der Waals surface area contributed by atoms with Crippen LogP contribution in [0.15, 0.2) is 60.9 Å². The number of alkyl halides is 1. The first-order valence-electron chi connectivity index (χ1n) is 23.5. The van der Waals surface area contributed by atoms with E-state index >= 15 is 8.78 Å². The van der Waals surface area contributed by atoms with Gasteiger partial charge in [0.15, 0.2) is 0 Å². The number of rotatable bonds is 12. The first kappa shape index (κ1) is 46.0. The number of hydrogen-bond acceptors (Lipinski definition) is 10. The van der Waals surface area contributed by atoms with Crippen LogP contribution in [0, 0.1) is 11.7 Å². The van der Waals surface area contributed by atoms with Crippen LogP contribution >= 0.6 is 11.3 Å². The van der Waals surface area contributed by atoms with Gasteiger partial charge in [-0.2, -0.15) is 0 Å². The van der Waals surface area contributed by atoms with Crippen molar-refractivity contribution in [3.63, 3.8) is 0 Å². The molecule has 2 unspecified atom stereocenters. The number of nitrogens with zero attached hydrogens (tertiary/aromatic N) is 5. The van der Waals surface area contributed by atoms with E-state index in [0.717, 1.165) is 53.4 Å². The summed E-state index contributed by atoms with van der Waals surface area (Å²) in [7, 11) is 2.42. The molecule has 0 bridgehead atoms. The van der Waals surface area contributed by atoms with Gasteiger partial charge < -0.3 is 44.6 Å². The Kier molecular flexibility index (Phi) is 12.0. The number of benzene rings is 2. The number of aromatic amines is 2. The molecule has 5 atom stereocenters. The van der Waals surface area contributed by atoms with E-state index in [1.165, 1.54) is 36.8 Å². The molecular weight excluding hydrogens is 909 g/mol. The zero-order valence-corrected chi connectivity index (χ0v) is 40.0. The molecule has 4 N–H and O–H groups in total. The fourth-order valence-corrected chi connectivity index (χ4v) is 11.3. The van der Waals surface area contributed by atoms with Crippen LogP contribution in [0.1, 0.15) is 112 Å². The molecule has 0 spiro atoms. The van der Waals surface area contributed by atoms with E-state index < -0.39 is 53.9 Å². The molecule has 1 aliphatic carbocycles. The maximum Gasteiger partial charge on any atom is 0.407 e. The first-order chi connectivity index (χ1) is 33.1. The standard InChI is InChI=1S/C50H55F2N9O7S/c1-25(2)41(57-48(64)66-5)45(62)59-17-7-9-34(59)43-53-23-31(55-43)27-13-14-33-29(19-27)21-36-40-30(51)20-28(22-37(40)68-47(61(33)36)39-16-15-38(69-39)26-11-12-26)32-24-54-44(56-32)35-10-8-18-60(35)46(63)42(50(3,4)52)58-49(65)67-6/h13-16,19-26,34-35,41-42,47H,7-12,17-18H2,1-6H3,(H,53,55)(H,54,56)(H,57,64)(H,58,65)/t34-,35-,41-,42?,47?/m0/s1. The second kappa shape index (κ2) is 18.0. The second-order valence-corrected chi connectivity index (χ2v) is 20.4.